The topological polar surface area (TPSA) is 26.3 Å². The summed E-state index contributed by atoms with van der Waals surface area (Å²) < 4.78 is 5.44. The van der Waals surface area contributed by atoms with Crippen molar-refractivity contribution in [3.8, 4) is 5.75 Å². The Morgan fingerprint density at radius 1 is 1.10 bits per heavy atom. The number of carbonyl (C=O) groups excluding carboxylic acids is 1. The molecule has 0 fully saturated rings. The molecule has 0 spiro atoms. The highest BCUT2D eigenvalue weighted by Crippen LogP contribution is 2.29. The maximum absolute atomic E-state index is 12.3. The van der Waals surface area contributed by atoms with E-state index in [1.807, 2.05) is 37.3 Å². The normalized spacial score (nSPS) is 17.1. The second-order valence-electron chi connectivity index (χ2n) is 5.20. The van der Waals surface area contributed by atoms with Gasteiger partial charge in [0.15, 0.2) is 5.78 Å². The van der Waals surface area contributed by atoms with Gasteiger partial charge in [-0.25, -0.2) is 0 Å². The first-order valence-electron chi connectivity index (χ1n) is 7.12. The molecule has 1 aliphatic carbocycles. The van der Waals surface area contributed by atoms with Gasteiger partial charge in [-0.15, -0.1) is 0 Å². The highest BCUT2D eigenvalue weighted by atomic mass is 16.5. The van der Waals surface area contributed by atoms with Crippen LogP contribution in [0.15, 0.2) is 48.5 Å². The average Bonchev–Trinajstić information content (AvgIpc) is 2.79. The van der Waals surface area contributed by atoms with Crippen molar-refractivity contribution in [1.29, 1.82) is 0 Å². The van der Waals surface area contributed by atoms with Crippen LogP contribution in [0.2, 0.25) is 0 Å². The van der Waals surface area contributed by atoms with E-state index in [-0.39, 0.29) is 11.7 Å². The van der Waals surface area contributed by atoms with Crippen LogP contribution in [0.4, 0.5) is 0 Å². The number of benzene rings is 2. The largest absolute Gasteiger partial charge is 0.494 e. The fraction of sp³-hybridized carbons (Fsp3) is 0.278. The fourth-order valence-electron chi connectivity index (χ4n) is 2.85. The molecule has 2 aromatic rings. The van der Waals surface area contributed by atoms with E-state index < -0.39 is 0 Å². The molecule has 102 valence electrons. The zero-order valence-corrected chi connectivity index (χ0v) is 11.6. The lowest BCUT2D eigenvalue weighted by molar-refractivity contribution is 0.0936. The van der Waals surface area contributed by atoms with Gasteiger partial charge in [0.1, 0.15) is 5.75 Å². The van der Waals surface area contributed by atoms with E-state index in [0.29, 0.717) is 6.61 Å². The Balaban J connectivity index is 1.72. The number of ether oxygens (including phenoxy) is 1. The molecule has 0 bridgehead atoms. The smallest absolute Gasteiger partial charge is 0.166 e. The minimum atomic E-state index is 0.0883. The molecule has 0 aromatic heterocycles. The highest BCUT2D eigenvalue weighted by molar-refractivity contribution is 6.02. The Morgan fingerprint density at radius 3 is 2.55 bits per heavy atom. The van der Waals surface area contributed by atoms with Crippen LogP contribution >= 0.6 is 0 Å². The summed E-state index contributed by atoms with van der Waals surface area (Å²) in [7, 11) is 0. The van der Waals surface area contributed by atoms with E-state index in [0.717, 1.165) is 24.2 Å². The average molecular weight is 266 g/mol. The van der Waals surface area contributed by atoms with Crippen molar-refractivity contribution >= 4 is 5.78 Å². The predicted molar refractivity (Wildman–Crippen MR) is 79.3 cm³/mol. The molecular formula is C18H18O2. The number of rotatable bonds is 4. The molecule has 2 aromatic carbocycles. The Hall–Kier alpha value is -2.09. The maximum atomic E-state index is 12.3. The molecular weight excluding hydrogens is 248 g/mol. The third kappa shape index (κ3) is 2.46. The van der Waals surface area contributed by atoms with E-state index in [1.54, 1.807) is 0 Å². The molecule has 1 aliphatic rings. The van der Waals surface area contributed by atoms with E-state index in [1.165, 1.54) is 11.1 Å². The first kappa shape index (κ1) is 12.9. The van der Waals surface area contributed by atoms with Crippen LogP contribution in [0, 0.1) is 5.92 Å². The predicted octanol–water partition coefficient (Wildman–Crippen LogP) is 3.68. The van der Waals surface area contributed by atoms with Gasteiger partial charge >= 0.3 is 0 Å². The molecule has 2 heteroatoms. The van der Waals surface area contributed by atoms with Crippen LogP contribution in [-0.4, -0.2) is 12.4 Å². The first-order chi connectivity index (χ1) is 9.78. The first-order valence-corrected chi connectivity index (χ1v) is 7.12. The minimum absolute atomic E-state index is 0.0883. The molecule has 0 saturated heterocycles. The zero-order chi connectivity index (χ0) is 13.9. The molecule has 3 rings (SSSR count). The van der Waals surface area contributed by atoms with Crippen LogP contribution in [-0.2, 0) is 12.8 Å². The van der Waals surface area contributed by atoms with Gasteiger partial charge in [0.25, 0.3) is 0 Å². The lowest BCUT2D eigenvalue weighted by Gasteiger charge is -2.09. The van der Waals surface area contributed by atoms with Gasteiger partial charge in [-0.2, -0.15) is 0 Å². The van der Waals surface area contributed by atoms with Crippen molar-refractivity contribution in [2.24, 2.45) is 5.92 Å². The van der Waals surface area contributed by atoms with Crippen LogP contribution in [0.5, 0.6) is 5.75 Å². The third-order valence-corrected chi connectivity index (χ3v) is 3.84. The van der Waals surface area contributed by atoms with Crippen molar-refractivity contribution in [2.75, 3.05) is 6.61 Å². The maximum Gasteiger partial charge on any atom is 0.166 e. The molecule has 0 unspecified atom stereocenters. The van der Waals surface area contributed by atoms with Crippen LogP contribution < -0.4 is 4.74 Å². The number of hydrogen-bond donors (Lipinski definition) is 0. The Kier molecular flexibility index (Phi) is 3.55. The molecule has 0 aliphatic heterocycles. The summed E-state index contributed by atoms with van der Waals surface area (Å²) in [5, 5.41) is 0. The molecule has 20 heavy (non-hydrogen) atoms. The van der Waals surface area contributed by atoms with Gasteiger partial charge in [-0.1, -0.05) is 36.4 Å². The number of ketones is 1. The quantitative estimate of drug-likeness (QED) is 0.843. The van der Waals surface area contributed by atoms with Gasteiger partial charge in [-0.3, -0.25) is 4.79 Å². The summed E-state index contributed by atoms with van der Waals surface area (Å²) in [6, 6.07) is 16.0. The molecule has 2 nitrogen and oxygen atoms in total. The summed E-state index contributed by atoms with van der Waals surface area (Å²) in [5.74, 6) is 1.26. The molecule has 0 heterocycles. The van der Waals surface area contributed by atoms with Crippen LogP contribution in [0.25, 0.3) is 0 Å². The van der Waals surface area contributed by atoms with Crippen LogP contribution in [0.1, 0.15) is 28.4 Å². The third-order valence-electron chi connectivity index (χ3n) is 3.84. The molecule has 0 saturated carbocycles. The number of carbonyl (C=O) groups is 1. The van der Waals surface area contributed by atoms with Gasteiger partial charge in [-0.05, 0) is 43.0 Å². The second kappa shape index (κ2) is 5.49. The second-order valence-corrected chi connectivity index (χ2v) is 5.20. The van der Waals surface area contributed by atoms with Crippen molar-refractivity contribution in [3.63, 3.8) is 0 Å². The lowest BCUT2D eigenvalue weighted by Crippen LogP contribution is -2.12. The van der Waals surface area contributed by atoms with Gasteiger partial charge < -0.3 is 4.74 Å². The van der Waals surface area contributed by atoms with Crippen molar-refractivity contribution in [1.82, 2.24) is 0 Å². The van der Waals surface area contributed by atoms with Crippen molar-refractivity contribution in [3.05, 3.63) is 65.2 Å². The molecule has 1 atom stereocenters. The molecule has 0 amide bonds. The summed E-state index contributed by atoms with van der Waals surface area (Å²) >= 11 is 0. The fourth-order valence-corrected chi connectivity index (χ4v) is 2.85. The standard InChI is InChI=1S/C18H18O2/c1-2-20-16-9-7-13(8-10-16)11-15-12-14-5-3-4-6-17(14)18(15)19/h3-10,15H,2,11-12H2,1H3/t15-/m0/s1. The Labute approximate surface area is 119 Å². The van der Waals surface area contributed by atoms with Crippen LogP contribution in [0.3, 0.4) is 0 Å². The Bertz CT molecular complexity index is 614. The van der Waals surface area contributed by atoms with E-state index in [2.05, 4.69) is 18.2 Å². The van der Waals surface area contributed by atoms with Gasteiger partial charge in [0, 0.05) is 11.5 Å². The van der Waals surface area contributed by atoms with Gasteiger partial charge in [0.05, 0.1) is 6.61 Å². The summed E-state index contributed by atoms with van der Waals surface area (Å²) in [5.41, 5.74) is 3.29. The Morgan fingerprint density at radius 2 is 1.85 bits per heavy atom. The van der Waals surface area contributed by atoms with Gasteiger partial charge in [0.2, 0.25) is 0 Å². The van der Waals surface area contributed by atoms with Crippen molar-refractivity contribution in [2.45, 2.75) is 19.8 Å². The van der Waals surface area contributed by atoms with Crippen molar-refractivity contribution < 1.29 is 9.53 Å². The highest BCUT2D eigenvalue weighted by Gasteiger charge is 2.29. The minimum Gasteiger partial charge on any atom is -0.494 e. The number of Topliss-reactive ketones (excluding diaryl/α,β-unsaturated/α-hetero) is 1. The van der Waals surface area contributed by atoms with E-state index in [4.69, 9.17) is 4.74 Å². The summed E-state index contributed by atoms with van der Waals surface area (Å²) in [6.45, 7) is 2.65. The summed E-state index contributed by atoms with van der Waals surface area (Å²) in [4.78, 5) is 12.3. The molecule has 0 N–H and O–H groups in total. The SMILES string of the molecule is CCOc1ccc(C[C@H]2Cc3ccccc3C2=O)cc1. The van der Waals surface area contributed by atoms with E-state index in [9.17, 15) is 4.79 Å². The van der Waals surface area contributed by atoms with E-state index >= 15 is 0 Å². The summed E-state index contributed by atoms with van der Waals surface area (Å²) in [6.07, 6.45) is 1.67. The lowest BCUT2D eigenvalue weighted by atomic mass is 9.96. The zero-order valence-electron chi connectivity index (χ0n) is 11.6. The number of fused-ring (bicyclic) bond motifs is 1. The molecule has 0 radical (unpaired) electrons. The number of hydrogen-bond acceptors (Lipinski definition) is 2. The monoisotopic (exact) mass is 266 g/mol.